The monoisotopic (exact) mass is 196 g/mol. The Labute approximate surface area is 75.1 Å². The summed E-state index contributed by atoms with van der Waals surface area (Å²) in [5, 5.41) is 10.5. The lowest BCUT2D eigenvalue weighted by molar-refractivity contribution is -0.383. The van der Waals surface area contributed by atoms with E-state index in [0.717, 1.165) is 4.86 Å². The van der Waals surface area contributed by atoms with Crippen LogP contribution in [0.15, 0.2) is 21.3 Å². The average Bonchev–Trinajstić information content (AvgIpc) is 2.81. The second-order valence-corrected chi connectivity index (χ2v) is 2.79. The number of nitro benzene ring substituents is 1. The van der Waals surface area contributed by atoms with Gasteiger partial charge in [0.05, 0.1) is 4.92 Å². The van der Waals surface area contributed by atoms with Crippen molar-refractivity contribution in [2.75, 3.05) is 5.73 Å². The molecule has 72 valence electrons. The van der Waals surface area contributed by atoms with E-state index < -0.39 is 4.92 Å². The van der Waals surface area contributed by atoms with Gasteiger partial charge in [-0.05, 0) is 10.8 Å². The molecule has 3 aromatic rings. The summed E-state index contributed by atoms with van der Waals surface area (Å²) in [4.78, 5) is 11.0. The van der Waals surface area contributed by atoms with Gasteiger partial charge >= 0.3 is 0 Å². The third kappa shape index (κ3) is 0.672. The van der Waals surface area contributed by atoms with Crippen LogP contribution in [0.5, 0.6) is 0 Å². The SMILES string of the molecule is Nc1c([N+](=O)[O-])ccc2c1on1on21. The molecule has 0 aliphatic carbocycles. The molecular formula is C6H4N4O4. The average molecular weight is 196 g/mol. The number of fused-ring (bicyclic) bond motifs is 3. The third-order valence-corrected chi connectivity index (χ3v) is 2.00. The van der Waals surface area contributed by atoms with Crippen LogP contribution in [0.3, 0.4) is 0 Å². The number of hydrogen-bond acceptors (Lipinski definition) is 5. The minimum Gasteiger partial charge on any atom is -0.390 e. The lowest BCUT2D eigenvalue weighted by Gasteiger charge is -1.94. The predicted octanol–water partition coefficient (Wildman–Crippen LogP) is 0.868. The van der Waals surface area contributed by atoms with E-state index in [0.29, 0.717) is 5.52 Å². The molecule has 1 aromatic carbocycles. The van der Waals surface area contributed by atoms with Gasteiger partial charge in [-0.3, -0.25) is 10.1 Å². The highest BCUT2D eigenvalue weighted by molar-refractivity contribution is 5.90. The fourth-order valence-electron chi connectivity index (χ4n) is 1.30. The van der Waals surface area contributed by atoms with Crippen molar-refractivity contribution in [1.82, 2.24) is 9.55 Å². The molecule has 0 bridgehead atoms. The molecule has 0 unspecified atom stereocenters. The molecule has 14 heavy (non-hydrogen) atoms. The molecule has 0 radical (unpaired) electrons. The first kappa shape index (κ1) is 7.06. The smallest absolute Gasteiger partial charge is 0.296 e. The molecule has 0 atom stereocenters. The Morgan fingerprint density at radius 3 is 3.00 bits per heavy atom. The second-order valence-electron chi connectivity index (χ2n) is 2.79. The highest BCUT2D eigenvalue weighted by atomic mass is 16.9. The van der Waals surface area contributed by atoms with Crippen molar-refractivity contribution in [2.45, 2.75) is 0 Å². The number of nitro groups is 1. The molecule has 8 heteroatoms. The van der Waals surface area contributed by atoms with Crippen LogP contribution in [0, 0.1) is 10.1 Å². The Balaban J connectivity index is 2.43. The van der Waals surface area contributed by atoms with Crippen LogP contribution in [-0.2, 0) is 0 Å². The van der Waals surface area contributed by atoms with Gasteiger partial charge in [-0.25, -0.2) is 4.63 Å². The zero-order valence-corrected chi connectivity index (χ0v) is 6.71. The number of nitrogens with zero attached hydrogens (tertiary/aromatic N) is 3. The Kier molecular flexibility index (Phi) is 0.969. The lowest BCUT2D eigenvalue weighted by Crippen LogP contribution is -1.95. The van der Waals surface area contributed by atoms with Gasteiger partial charge in [0.2, 0.25) is 5.58 Å². The summed E-state index contributed by atoms with van der Waals surface area (Å²) in [5.74, 6) is 0. The Hall–Kier alpha value is -2.38. The van der Waals surface area contributed by atoms with Crippen molar-refractivity contribution in [2.24, 2.45) is 0 Å². The molecule has 0 saturated heterocycles. The predicted molar refractivity (Wildman–Crippen MR) is 44.0 cm³/mol. The number of rotatable bonds is 1. The Morgan fingerprint density at radius 2 is 2.29 bits per heavy atom. The maximum absolute atomic E-state index is 10.5. The van der Waals surface area contributed by atoms with E-state index in [1.807, 2.05) is 0 Å². The van der Waals surface area contributed by atoms with Gasteiger partial charge in [-0.1, -0.05) is 0 Å². The first-order valence-corrected chi connectivity index (χ1v) is 3.71. The first-order valence-electron chi connectivity index (χ1n) is 3.71. The fourth-order valence-corrected chi connectivity index (χ4v) is 1.30. The number of hydrogen-bond donors (Lipinski definition) is 1. The maximum Gasteiger partial charge on any atom is 0.296 e. The Bertz CT molecular complexity index is 638. The number of anilines is 1. The van der Waals surface area contributed by atoms with Crippen molar-refractivity contribution >= 4 is 22.5 Å². The highest BCUT2D eigenvalue weighted by Crippen LogP contribution is 2.31. The van der Waals surface area contributed by atoms with E-state index in [1.165, 1.54) is 16.8 Å². The van der Waals surface area contributed by atoms with Crippen molar-refractivity contribution < 1.29 is 14.1 Å². The first-order chi connectivity index (χ1) is 6.68. The summed E-state index contributed by atoms with van der Waals surface area (Å²) in [6.45, 7) is 0. The van der Waals surface area contributed by atoms with Crippen LogP contribution in [0.25, 0.3) is 11.1 Å². The van der Waals surface area contributed by atoms with Gasteiger partial charge in [-0.2, -0.15) is 0 Å². The summed E-state index contributed by atoms with van der Waals surface area (Å²) in [5.41, 5.74) is 6.19. The fraction of sp³-hybridized carbons (Fsp3) is 0. The molecule has 0 aliphatic rings. The lowest BCUT2D eigenvalue weighted by atomic mass is 10.2. The molecule has 0 fully saturated rings. The van der Waals surface area contributed by atoms with Gasteiger partial charge < -0.3 is 10.3 Å². The van der Waals surface area contributed by atoms with Gasteiger partial charge in [0.1, 0.15) is 4.86 Å². The molecule has 2 N–H and O–H groups in total. The number of benzene rings is 1. The minimum absolute atomic E-state index is 0.00306. The highest BCUT2D eigenvalue weighted by Gasteiger charge is 2.22. The molecular weight excluding hydrogens is 192 g/mol. The van der Waals surface area contributed by atoms with Crippen molar-refractivity contribution in [3.8, 4) is 0 Å². The Morgan fingerprint density at radius 1 is 1.50 bits per heavy atom. The third-order valence-electron chi connectivity index (χ3n) is 2.00. The molecule has 0 aliphatic heterocycles. The van der Waals surface area contributed by atoms with Gasteiger partial charge in [0.25, 0.3) is 5.69 Å². The number of aromatic nitrogens is 2. The van der Waals surface area contributed by atoms with Crippen molar-refractivity contribution in [3.05, 3.63) is 22.2 Å². The number of nitrogens with two attached hydrogens (primary N) is 1. The van der Waals surface area contributed by atoms with E-state index in [9.17, 15) is 10.1 Å². The summed E-state index contributed by atoms with van der Waals surface area (Å²) in [6.07, 6.45) is 0. The summed E-state index contributed by atoms with van der Waals surface area (Å²) >= 11 is 0. The summed E-state index contributed by atoms with van der Waals surface area (Å²) in [7, 11) is 0. The van der Waals surface area contributed by atoms with Crippen molar-refractivity contribution in [1.29, 1.82) is 0 Å². The van der Waals surface area contributed by atoms with Crippen LogP contribution in [0.2, 0.25) is 0 Å². The van der Waals surface area contributed by atoms with E-state index in [-0.39, 0.29) is 17.0 Å². The summed E-state index contributed by atoms with van der Waals surface area (Å²) < 4.78 is 11.1. The van der Waals surface area contributed by atoms with Crippen LogP contribution in [0.4, 0.5) is 11.4 Å². The quantitative estimate of drug-likeness (QED) is 0.353. The maximum atomic E-state index is 10.5. The van der Waals surface area contributed by atoms with Gasteiger partial charge in [0, 0.05) is 6.07 Å². The topological polar surface area (TPSA) is 104 Å². The second kappa shape index (κ2) is 1.92. The van der Waals surface area contributed by atoms with Crippen LogP contribution in [-0.4, -0.2) is 14.5 Å². The molecule has 0 saturated carbocycles. The summed E-state index contributed by atoms with van der Waals surface area (Å²) in [6, 6.07) is 2.82. The van der Waals surface area contributed by atoms with E-state index in [2.05, 4.69) is 0 Å². The van der Waals surface area contributed by atoms with Crippen LogP contribution in [0.1, 0.15) is 0 Å². The van der Waals surface area contributed by atoms with E-state index in [1.54, 1.807) is 0 Å². The molecule has 0 amide bonds. The molecule has 2 aromatic heterocycles. The van der Waals surface area contributed by atoms with Crippen LogP contribution < -0.4 is 5.73 Å². The van der Waals surface area contributed by atoms with E-state index >= 15 is 0 Å². The zero-order valence-electron chi connectivity index (χ0n) is 6.71. The molecule has 3 rings (SSSR count). The molecule has 2 heterocycles. The largest absolute Gasteiger partial charge is 0.390 e. The minimum atomic E-state index is -0.561. The van der Waals surface area contributed by atoms with Gasteiger partial charge in [-0.15, -0.1) is 0 Å². The van der Waals surface area contributed by atoms with E-state index in [4.69, 9.17) is 14.9 Å². The molecule has 8 nitrogen and oxygen atoms in total. The van der Waals surface area contributed by atoms with Crippen LogP contribution >= 0.6 is 0 Å². The standard InChI is InChI=1S/C6H4N4O4/c7-5-3(9(11)12)1-2-4-6(5)13-10-8(4)14-10/h1-2H,7H2. The van der Waals surface area contributed by atoms with Crippen molar-refractivity contribution in [3.63, 3.8) is 0 Å². The zero-order chi connectivity index (χ0) is 9.87. The van der Waals surface area contributed by atoms with Gasteiger partial charge in [0.15, 0.2) is 11.2 Å². The molecule has 0 spiro atoms. The number of nitrogen functional groups attached to an aromatic ring is 1. The normalized spacial score (nSPS) is 11.7.